The molecule has 0 aliphatic rings. The van der Waals surface area contributed by atoms with Crippen LogP contribution in [0.15, 0.2) is 60.8 Å². The Bertz CT molecular complexity index is 946. The molecule has 0 spiro atoms. The molecule has 0 fully saturated rings. The lowest BCUT2D eigenvalue weighted by molar-refractivity contribution is -0.149. The number of aryl methyl sites for hydroxylation is 1. The van der Waals surface area contributed by atoms with Crippen molar-refractivity contribution in [3.63, 3.8) is 0 Å². The summed E-state index contributed by atoms with van der Waals surface area (Å²) in [6.45, 7) is 3.45. The van der Waals surface area contributed by atoms with Crippen LogP contribution in [0.1, 0.15) is 22.8 Å². The molecule has 0 amide bonds. The molecule has 0 bridgehead atoms. The number of hydrogen-bond donors (Lipinski definition) is 0. The Balaban J connectivity index is 2.02. The molecule has 6 nitrogen and oxygen atoms in total. The smallest absolute Gasteiger partial charge is 0.346 e. The summed E-state index contributed by atoms with van der Waals surface area (Å²) < 4.78 is 11.5. The molecule has 27 heavy (non-hydrogen) atoms. The lowest BCUT2D eigenvalue weighted by Gasteiger charge is -2.10. The highest BCUT2D eigenvalue weighted by Gasteiger charge is 2.24. The molecule has 3 aromatic rings. The summed E-state index contributed by atoms with van der Waals surface area (Å²) >= 11 is 0. The molecule has 3 rings (SSSR count). The quantitative estimate of drug-likeness (QED) is 0.647. The second-order valence-corrected chi connectivity index (χ2v) is 6.11. The number of rotatable bonds is 5. The maximum Gasteiger partial charge on any atom is 0.346 e. The Kier molecular flexibility index (Phi) is 5.35. The zero-order valence-corrected chi connectivity index (χ0v) is 15.4. The fraction of sp³-hybridized carbons (Fsp3) is 0.190. The van der Waals surface area contributed by atoms with E-state index in [1.807, 2.05) is 61.5 Å². The van der Waals surface area contributed by atoms with Gasteiger partial charge in [0, 0.05) is 11.8 Å². The SMILES string of the molecule is COC(=O)C(C)OC(=O)c1cn(-c2ccccc2)nc1-c1ccc(C)cc1. The number of ether oxygens (including phenoxy) is 2. The maximum absolute atomic E-state index is 12.7. The van der Waals surface area contributed by atoms with Gasteiger partial charge in [0.15, 0.2) is 6.10 Å². The number of esters is 2. The highest BCUT2D eigenvalue weighted by molar-refractivity contribution is 5.97. The van der Waals surface area contributed by atoms with E-state index >= 15 is 0 Å². The summed E-state index contributed by atoms with van der Waals surface area (Å²) in [5.41, 5.74) is 3.46. The van der Waals surface area contributed by atoms with Crippen LogP contribution in [0, 0.1) is 6.92 Å². The third kappa shape index (κ3) is 4.06. The van der Waals surface area contributed by atoms with Gasteiger partial charge >= 0.3 is 11.9 Å². The van der Waals surface area contributed by atoms with Crippen LogP contribution < -0.4 is 0 Å². The Morgan fingerprint density at radius 3 is 2.33 bits per heavy atom. The molecule has 2 aromatic carbocycles. The van der Waals surface area contributed by atoms with E-state index in [1.165, 1.54) is 14.0 Å². The number of aromatic nitrogens is 2. The molecule has 0 aliphatic carbocycles. The summed E-state index contributed by atoms with van der Waals surface area (Å²) in [6.07, 6.45) is 0.602. The number of methoxy groups -OCH3 is 1. The minimum atomic E-state index is -1.01. The van der Waals surface area contributed by atoms with Crippen molar-refractivity contribution >= 4 is 11.9 Å². The highest BCUT2D eigenvalue weighted by Crippen LogP contribution is 2.25. The minimum Gasteiger partial charge on any atom is -0.466 e. The van der Waals surface area contributed by atoms with Gasteiger partial charge in [-0.25, -0.2) is 14.3 Å². The van der Waals surface area contributed by atoms with Crippen molar-refractivity contribution in [2.45, 2.75) is 20.0 Å². The van der Waals surface area contributed by atoms with E-state index in [4.69, 9.17) is 4.74 Å². The van der Waals surface area contributed by atoms with Crippen LogP contribution in [-0.2, 0) is 14.3 Å². The molecule has 1 unspecified atom stereocenters. The van der Waals surface area contributed by atoms with Gasteiger partial charge in [-0.3, -0.25) is 0 Å². The van der Waals surface area contributed by atoms with Crippen molar-refractivity contribution in [1.82, 2.24) is 9.78 Å². The molecule has 0 radical (unpaired) electrons. The fourth-order valence-electron chi connectivity index (χ4n) is 2.60. The van der Waals surface area contributed by atoms with Crippen LogP contribution in [0.3, 0.4) is 0 Å². The first-order chi connectivity index (χ1) is 13.0. The van der Waals surface area contributed by atoms with Crippen molar-refractivity contribution in [1.29, 1.82) is 0 Å². The summed E-state index contributed by atoms with van der Waals surface area (Å²) in [5.74, 6) is -1.25. The Hall–Kier alpha value is -3.41. The molecular formula is C21H20N2O4. The molecule has 138 valence electrons. The second-order valence-electron chi connectivity index (χ2n) is 6.11. The van der Waals surface area contributed by atoms with Crippen LogP contribution in [0.4, 0.5) is 0 Å². The van der Waals surface area contributed by atoms with Gasteiger partial charge in [0.05, 0.1) is 12.8 Å². The number of nitrogens with zero attached hydrogens (tertiary/aromatic N) is 2. The number of carbonyl (C=O) groups is 2. The number of para-hydroxylation sites is 1. The van der Waals surface area contributed by atoms with E-state index in [9.17, 15) is 9.59 Å². The molecule has 0 aliphatic heterocycles. The minimum absolute atomic E-state index is 0.276. The van der Waals surface area contributed by atoms with Crippen LogP contribution in [0.5, 0.6) is 0 Å². The molecule has 1 heterocycles. The summed E-state index contributed by atoms with van der Waals surface area (Å²) in [7, 11) is 1.25. The van der Waals surface area contributed by atoms with Gasteiger partial charge in [0.2, 0.25) is 0 Å². The van der Waals surface area contributed by atoms with Crippen LogP contribution >= 0.6 is 0 Å². The van der Waals surface area contributed by atoms with Gasteiger partial charge in [0.25, 0.3) is 0 Å². The van der Waals surface area contributed by atoms with Crippen molar-refractivity contribution in [3.05, 3.63) is 71.9 Å². The Morgan fingerprint density at radius 1 is 1.04 bits per heavy atom. The maximum atomic E-state index is 12.7. The second kappa shape index (κ2) is 7.86. The highest BCUT2D eigenvalue weighted by atomic mass is 16.6. The van der Waals surface area contributed by atoms with Crippen LogP contribution in [0.25, 0.3) is 16.9 Å². The summed E-state index contributed by atoms with van der Waals surface area (Å²) in [5, 5.41) is 4.57. The molecule has 1 atom stereocenters. The van der Waals surface area contributed by atoms with E-state index < -0.39 is 18.0 Å². The average molecular weight is 364 g/mol. The van der Waals surface area contributed by atoms with Crippen molar-refractivity contribution < 1.29 is 19.1 Å². The summed E-state index contributed by atoms with van der Waals surface area (Å²) in [4.78, 5) is 24.3. The largest absolute Gasteiger partial charge is 0.466 e. The van der Waals surface area contributed by atoms with E-state index in [2.05, 4.69) is 9.84 Å². The molecule has 0 N–H and O–H groups in total. The molecule has 1 aromatic heterocycles. The fourth-order valence-corrected chi connectivity index (χ4v) is 2.60. The Labute approximate surface area is 157 Å². The van der Waals surface area contributed by atoms with Gasteiger partial charge in [-0.15, -0.1) is 0 Å². The van der Waals surface area contributed by atoms with Gasteiger partial charge in [0.1, 0.15) is 11.3 Å². The van der Waals surface area contributed by atoms with E-state index in [1.54, 1.807) is 10.9 Å². The van der Waals surface area contributed by atoms with Gasteiger partial charge in [-0.05, 0) is 26.0 Å². The first-order valence-corrected chi connectivity index (χ1v) is 8.50. The van der Waals surface area contributed by atoms with Gasteiger partial charge in [-0.2, -0.15) is 5.10 Å². The normalized spacial score (nSPS) is 11.7. The predicted octanol–water partition coefficient (Wildman–Crippen LogP) is 3.57. The third-order valence-corrected chi connectivity index (χ3v) is 4.10. The third-order valence-electron chi connectivity index (χ3n) is 4.10. The van der Waals surface area contributed by atoms with Crippen molar-refractivity contribution in [3.8, 4) is 16.9 Å². The van der Waals surface area contributed by atoms with Gasteiger partial charge < -0.3 is 9.47 Å². The van der Waals surface area contributed by atoms with Crippen LogP contribution in [-0.4, -0.2) is 34.9 Å². The van der Waals surface area contributed by atoms with Gasteiger partial charge in [-0.1, -0.05) is 48.0 Å². The lowest BCUT2D eigenvalue weighted by atomic mass is 10.1. The molecular weight excluding hydrogens is 344 g/mol. The Morgan fingerprint density at radius 2 is 1.70 bits per heavy atom. The first-order valence-electron chi connectivity index (χ1n) is 8.50. The average Bonchev–Trinajstić information content (AvgIpc) is 3.14. The topological polar surface area (TPSA) is 70.4 Å². The predicted molar refractivity (Wildman–Crippen MR) is 101 cm³/mol. The molecule has 0 saturated heterocycles. The van der Waals surface area contributed by atoms with E-state index in [0.717, 1.165) is 16.8 Å². The zero-order valence-electron chi connectivity index (χ0n) is 15.4. The zero-order chi connectivity index (χ0) is 19.4. The van der Waals surface area contributed by atoms with E-state index in [0.29, 0.717) is 5.69 Å². The number of carbonyl (C=O) groups excluding carboxylic acids is 2. The molecule has 6 heteroatoms. The standard InChI is InChI=1S/C21H20N2O4/c1-14-9-11-16(12-10-14)19-18(21(25)27-15(2)20(24)26-3)13-23(22-19)17-7-5-4-6-8-17/h4-13,15H,1-3H3. The lowest BCUT2D eigenvalue weighted by Crippen LogP contribution is -2.25. The van der Waals surface area contributed by atoms with Crippen molar-refractivity contribution in [2.24, 2.45) is 0 Å². The summed E-state index contributed by atoms with van der Waals surface area (Å²) in [6, 6.07) is 17.1. The molecule has 0 saturated carbocycles. The first kappa shape index (κ1) is 18.4. The number of hydrogen-bond acceptors (Lipinski definition) is 5. The van der Waals surface area contributed by atoms with E-state index in [-0.39, 0.29) is 5.56 Å². The number of benzene rings is 2. The van der Waals surface area contributed by atoms with Crippen LogP contribution in [0.2, 0.25) is 0 Å². The monoisotopic (exact) mass is 364 g/mol. The van der Waals surface area contributed by atoms with Crippen molar-refractivity contribution in [2.75, 3.05) is 7.11 Å².